The fourth-order valence-corrected chi connectivity index (χ4v) is 5.36. The van der Waals surface area contributed by atoms with Crippen LogP contribution < -0.4 is 15.1 Å². The first-order chi connectivity index (χ1) is 11.6. The number of piperazine rings is 1. The standard InChI is InChI=1S/C19H31N3OS/c1-15(20-19(23)16-7-4-3-5-8-16)18(17-9-6-14-24-17)22-12-10-21(2)11-13-22/h6,9,14-16,18H,3-5,7-8,10-13H2,1-2H3,(H,20,23)/p+2/t15-,18+/m0/s1. The number of nitrogens with one attached hydrogen (secondary N) is 3. The van der Waals surface area contributed by atoms with Crippen LogP contribution in [0.3, 0.4) is 0 Å². The number of quaternary nitrogens is 2. The van der Waals surface area contributed by atoms with Gasteiger partial charge in [-0.15, -0.1) is 11.3 Å². The predicted molar refractivity (Wildman–Crippen MR) is 98.6 cm³/mol. The molecule has 1 aliphatic carbocycles. The van der Waals surface area contributed by atoms with E-state index in [4.69, 9.17) is 0 Å². The second-order valence-corrected chi connectivity index (χ2v) is 8.72. The van der Waals surface area contributed by atoms with Crippen molar-refractivity contribution in [1.82, 2.24) is 5.32 Å². The minimum atomic E-state index is 0.200. The summed E-state index contributed by atoms with van der Waals surface area (Å²) in [4.78, 5) is 17.4. The molecule has 2 fully saturated rings. The van der Waals surface area contributed by atoms with Crippen LogP contribution in [0.5, 0.6) is 0 Å². The van der Waals surface area contributed by atoms with Gasteiger partial charge >= 0.3 is 0 Å². The zero-order chi connectivity index (χ0) is 16.9. The fourth-order valence-electron chi connectivity index (χ4n) is 4.37. The van der Waals surface area contributed by atoms with Gasteiger partial charge in [0.2, 0.25) is 5.91 Å². The molecule has 2 atom stereocenters. The minimum absolute atomic E-state index is 0.200. The lowest BCUT2D eigenvalue weighted by atomic mass is 9.88. The molecule has 0 unspecified atom stereocenters. The third kappa shape index (κ3) is 4.38. The topological polar surface area (TPSA) is 38.0 Å². The molecule has 1 aliphatic heterocycles. The zero-order valence-electron chi connectivity index (χ0n) is 15.1. The van der Waals surface area contributed by atoms with E-state index >= 15 is 0 Å². The molecule has 1 aromatic rings. The molecule has 0 bridgehead atoms. The first kappa shape index (κ1) is 17.9. The normalized spacial score (nSPS) is 28.2. The highest BCUT2D eigenvalue weighted by Crippen LogP contribution is 2.25. The van der Waals surface area contributed by atoms with Gasteiger partial charge in [0, 0.05) is 5.92 Å². The molecule has 134 valence electrons. The molecule has 1 aromatic heterocycles. The molecule has 2 aliphatic rings. The summed E-state index contributed by atoms with van der Waals surface area (Å²) in [5.74, 6) is 0.542. The summed E-state index contributed by atoms with van der Waals surface area (Å²) in [5, 5.41) is 5.55. The van der Waals surface area contributed by atoms with Crippen LogP contribution in [0.1, 0.15) is 49.9 Å². The van der Waals surface area contributed by atoms with E-state index in [0.717, 1.165) is 12.8 Å². The van der Waals surface area contributed by atoms with Crippen molar-refractivity contribution in [1.29, 1.82) is 0 Å². The highest BCUT2D eigenvalue weighted by molar-refractivity contribution is 7.10. The number of carbonyl (C=O) groups is 1. The maximum absolute atomic E-state index is 12.7. The van der Waals surface area contributed by atoms with Gasteiger partial charge in [0.15, 0.2) is 0 Å². The SMILES string of the molecule is C[C@H](NC(=O)C1CCCCC1)[C@H](c1cccs1)[NH+]1CC[NH+](C)CC1. The van der Waals surface area contributed by atoms with Crippen LogP contribution in [0, 0.1) is 5.92 Å². The molecule has 2 heterocycles. The molecule has 0 spiro atoms. The van der Waals surface area contributed by atoms with E-state index in [0.29, 0.717) is 11.9 Å². The van der Waals surface area contributed by atoms with Crippen molar-refractivity contribution in [2.24, 2.45) is 5.92 Å². The third-order valence-electron chi connectivity index (χ3n) is 5.88. The van der Waals surface area contributed by atoms with Crippen LogP contribution in [0.15, 0.2) is 17.5 Å². The van der Waals surface area contributed by atoms with Crippen LogP contribution in [-0.2, 0) is 4.79 Å². The second-order valence-electron chi connectivity index (χ2n) is 7.74. The second kappa shape index (κ2) is 8.45. The largest absolute Gasteiger partial charge is 0.347 e. The molecular formula is C19H33N3OS+2. The minimum Gasteiger partial charge on any atom is -0.347 e. The Morgan fingerprint density at radius 1 is 1.21 bits per heavy atom. The maximum atomic E-state index is 12.7. The first-order valence-electron chi connectivity index (χ1n) is 9.65. The van der Waals surface area contributed by atoms with Crippen LogP contribution in [-0.4, -0.2) is 45.2 Å². The molecule has 1 saturated carbocycles. The van der Waals surface area contributed by atoms with Crippen molar-refractivity contribution in [3.63, 3.8) is 0 Å². The number of likely N-dealkylation sites (N-methyl/N-ethyl adjacent to an activating group) is 1. The van der Waals surface area contributed by atoms with Crippen molar-refractivity contribution in [3.8, 4) is 0 Å². The van der Waals surface area contributed by atoms with E-state index in [1.807, 2.05) is 11.3 Å². The molecule has 3 N–H and O–H groups in total. The van der Waals surface area contributed by atoms with Gasteiger partial charge in [-0.1, -0.05) is 25.3 Å². The summed E-state index contributed by atoms with van der Waals surface area (Å²) in [5.41, 5.74) is 0. The lowest BCUT2D eigenvalue weighted by Gasteiger charge is -2.36. The van der Waals surface area contributed by atoms with Gasteiger partial charge in [-0.05, 0) is 31.2 Å². The van der Waals surface area contributed by atoms with E-state index in [1.54, 1.807) is 9.80 Å². The van der Waals surface area contributed by atoms with Gasteiger partial charge in [0.1, 0.15) is 32.2 Å². The smallest absolute Gasteiger partial charge is 0.223 e. The molecule has 3 rings (SSSR count). The van der Waals surface area contributed by atoms with Crippen LogP contribution in [0.2, 0.25) is 0 Å². The Bertz CT molecular complexity index is 505. The number of rotatable bonds is 5. The van der Waals surface area contributed by atoms with Gasteiger partial charge in [-0.3, -0.25) is 4.79 Å². The summed E-state index contributed by atoms with van der Waals surface area (Å²) >= 11 is 1.84. The number of thiophene rings is 1. The lowest BCUT2D eigenvalue weighted by Crippen LogP contribution is -3.27. The van der Waals surface area contributed by atoms with Crippen LogP contribution in [0.4, 0.5) is 0 Å². The quantitative estimate of drug-likeness (QED) is 0.701. The Labute approximate surface area is 150 Å². The molecule has 4 nitrogen and oxygen atoms in total. The van der Waals surface area contributed by atoms with E-state index in [9.17, 15) is 4.79 Å². The Morgan fingerprint density at radius 3 is 2.54 bits per heavy atom. The highest BCUT2D eigenvalue weighted by atomic mass is 32.1. The Kier molecular flexibility index (Phi) is 6.31. The summed E-state index contributed by atoms with van der Waals surface area (Å²) < 4.78 is 0. The molecule has 0 radical (unpaired) electrons. The average Bonchev–Trinajstić information content (AvgIpc) is 3.11. The zero-order valence-corrected chi connectivity index (χ0v) is 16.0. The average molecular weight is 352 g/mol. The van der Waals surface area contributed by atoms with Gasteiger partial charge in [0.05, 0.1) is 18.0 Å². The molecule has 1 amide bonds. The predicted octanol–water partition coefficient (Wildman–Crippen LogP) is 0.287. The third-order valence-corrected chi connectivity index (χ3v) is 6.84. The van der Waals surface area contributed by atoms with Crippen molar-refractivity contribution >= 4 is 17.2 Å². The van der Waals surface area contributed by atoms with Crippen molar-refractivity contribution in [2.45, 2.75) is 51.1 Å². The monoisotopic (exact) mass is 351 g/mol. The molecule has 0 aromatic carbocycles. The number of amides is 1. The first-order valence-corrected chi connectivity index (χ1v) is 10.5. The van der Waals surface area contributed by atoms with Crippen molar-refractivity contribution < 1.29 is 14.6 Å². The maximum Gasteiger partial charge on any atom is 0.223 e. The van der Waals surface area contributed by atoms with Crippen molar-refractivity contribution in [2.75, 3.05) is 33.2 Å². The lowest BCUT2D eigenvalue weighted by molar-refractivity contribution is -1.02. The summed E-state index contributed by atoms with van der Waals surface area (Å²) in [7, 11) is 2.28. The van der Waals surface area contributed by atoms with Gasteiger partial charge < -0.3 is 15.1 Å². The number of carbonyl (C=O) groups excluding carboxylic acids is 1. The number of hydrogen-bond acceptors (Lipinski definition) is 2. The Morgan fingerprint density at radius 2 is 1.92 bits per heavy atom. The molecular weight excluding hydrogens is 318 g/mol. The summed E-state index contributed by atoms with van der Waals surface area (Å²) in [6.07, 6.45) is 5.88. The van der Waals surface area contributed by atoms with E-state index < -0.39 is 0 Å². The van der Waals surface area contributed by atoms with E-state index in [-0.39, 0.29) is 12.0 Å². The molecule has 24 heavy (non-hydrogen) atoms. The summed E-state index contributed by atoms with van der Waals surface area (Å²) in [6, 6.07) is 4.98. The van der Waals surface area contributed by atoms with Gasteiger partial charge in [-0.2, -0.15) is 0 Å². The molecule has 5 heteroatoms. The summed E-state index contributed by atoms with van der Waals surface area (Å²) in [6.45, 7) is 7.04. The van der Waals surface area contributed by atoms with Crippen molar-refractivity contribution in [3.05, 3.63) is 22.4 Å². The van der Waals surface area contributed by atoms with E-state index in [1.165, 1.54) is 50.3 Å². The van der Waals surface area contributed by atoms with Crippen LogP contribution in [0.25, 0.3) is 0 Å². The molecule has 1 saturated heterocycles. The van der Waals surface area contributed by atoms with Gasteiger partial charge in [0.25, 0.3) is 0 Å². The number of hydrogen-bond donors (Lipinski definition) is 3. The Balaban J connectivity index is 1.66. The van der Waals surface area contributed by atoms with Crippen LogP contribution >= 0.6 is 11.3 Å². The fraction of sp³-hybridized carbons (Fsp3) is 0.737. The van der Waals surface area contributed by atoms with Gasteiger partial charge in [-0.25, -0.2) is 0 Å². The highest BCUT2D eigenvalue weighted by Gasteiger charge is 2.35. The van der Waals surface area contributed by atoms with E-state index in [2.05, 4.69) is 36.8 Å². The Hall–Kier alpha value is -0.910.